The van der Waals surface area contributed by atoms with Crippen LogP contribution in [0.15, 0.2) is 24.3 Å². The number of benzene rings is 1. The Labute approximate surface area is 89.5 Å². The molecule has 0 aliphatic rings. The molecule has 0 fully saturated rings. The second kappa shape index (κ2) is 4.73. The van der Waals surface area contributed by atoms with E-state index >= 15 is 0 Å². The van der Waals surface area contributed by atoms with Crippen molar-refractivity contribution in [2.24, 2.45) is 0 Å². The fourth-order valence-corrected chi connectivity index (χ4v) is 1.16. The van der Waals surface area contributed by atoms with E-state index in [2.05, 4.69) is 5.32 Å². The SMILES string of the molecule is Cc1ccc(C(=O)C(=O)NC(C)C)cc1. The van der Waals surface area contributed by atoms with Gasteiger partial charge in [-0.2, -0.15) is 0 Å². The van der Waals surface area contributed by atoms with Crippen LogP contribution in [0, 0.1) is 6.92 Å². The first kappa shape index (κ1) is 11.4. The maximum absolute atomic E-state index is 11.6. The highest BCUT2D eigenvalue weighted by Crippen LogP contribution is 2.04. The molecule has 0 heterocycles. The molecule has 0 spiro atoms. The van der Waals surface area contributed by atoms with E-state index in [1.165, 1.54) is 0 Å². The van der Waals surface area contributed by atoms with E-state index in [-0.39, 0.29) is 6.04 Å². The summed E-state index contributed by atoms with van der Waals surface area (Å²) in [5.41, 5.74) is 1.49. The van der Waals surface area contributed by atoms with E-state index in [4.69, 9.17) is 0 Å². The third-order valence-corrected chi connectivity index (χ3v) is 1.94. The van der Waals surface area contributed by atoms with E-state index in [0.29, 0.717) is 5.56 Å². The molecule has 3 nitrogen and oxygen atoms in total. The molecule has 0 atom stereocenters. The van der Waals surface area contributed by atoms with Gasteiger partial charge in [0.2, 0.25) is 5.78 Å². The number of hydrogen-bond donors (Lipinski definition) is 1. The number of hydrogen-bond acceptors (Lipinski definition) is 2. The van der Waals surface area contributed by atoms with Crippen molar-refractivity contribution in [3.05, 3.63) is 35.4 Å². The van der Waals surface area contributed by atoms with Crippen LogP contribution in [-0.4, -0.2) is 17.7 Å². The van der Waals surface area contributed by atoms with Crippen molar-refractivity contribution in [2.75, 3.05) is 0 Å². The summed E-state index contributed by atoms with van der Waals surface area (Å²) in [6.45, 7) is 5.57. The minimum Gasteiger partial charge on any atom is -0.347 e. The van der Waals surface area contributed by atoms with E-state index in [1.54, 1.807) is 12.1 Å². The first-order valence-electron chi connectivity index (χ1n) is 4.92. The molecule has 1 aromatic rings. The molecule has 0 aliphatic heterocycles. The number of carbonyl (C=O) groups excluding carboxylic acids is 2. The molecular weight excluding hydrogens is 190 g/mol. The lowest BCUT2D eigenvalue weighted by Crippen LogP contribution is -2.35. The van der Waals surface area contributed by atoms with Crippen LogP contribution in [0.3, 0.4) is 0 Å². The molecular formula is C12H15NO2. The maximum atomic E-state index is 11.6. The quantitative estimate of drug-likeness (QED) is 0.603. The number of ketones is 1. The van der Waals surface area contributed by atoms with Gasteiger partial charge in [-0.15, -0.1) is 0 Å². The molecule has 80 valence electrons. The van der Waals surface area contributed by atoms with Crippen molar-refractivity contribution in [2.45, 2.75) is 26.8 Å². The molecule has 15 heavy (non-hydrogen) atoms. The number of nitrogens with one attached hydrogen (secondary N) is 1. The molecule has 0 aromatic heterocycles. The Balaban J connectivity index is 2.76. The second-order valence-corrected chi connectivity index (χ2v) is 3.82. The summed E-state index contributed by atoms with van der Waals surface area (Å²) in [6.07, 6.45) is 0. The summed E-state index contributed by atoms with van der Waals surface area (Å²) < 4.78 is 0. The van der Waals surface area contributed by atoms with E-state index in [0.717, 1.165) is 5.56 Å². The van der Waals surface area contributed by atoms with E-state index < -0.39 is 11.7 Å². The van der Waals surface area contributed by atoms with Crippen LogP contribution in [0.4, 0.5) is 0 Å². The van der Waals surface area contributed by atoms with Crippen molar-refractivity contribution in [3.8, 4) is 0 Å². The fourth-order valence-electron chi connectivity index (χ4n) is 1.16. The smallest absolute Gasteiger partial charge is 0.292 e. The summed E-state index contributed by atoms with van der Waals surface area (Å²) in [5, 5.41) is 2.57. The van der Waals surface area contributed by atoms with E-state index in [1.807, 2.05) is 32.9 Å². The number of amides is 1. The average Bonchev–Trinajstić information content (AvgIpc) is 2.17. The summed E-state index contributed by atoms with van der Waals surface area (Å²) in [6, 6.07) is 6.94. The number of Topliss-reactive ketones (excluding diaryl/α,β-unsaturated/α-hetero) is 1. The predicted octanol–water partition coefficient (Wildman–Crippen LogP) is 1.70. The Kier molecular flexibility index (Phi) is 3.61. The molecule has 0 radical (unpaired) electrons. The minimum absolute atomic E-state index is 0.0214. The summed E-state index contributed by atoms with van der Waals surface area (Å²) in [5.74, 6) is -1.03. The third kappa shape index (κ3) is 3.20. The van der Waals surface area contributed by atoms with Crippen LogP contribution in [0.1, 0.15) is 29.8 Å². The Hall–Kier alpha value is -1.64. The first-order valence-corrected chi connectivity index (χ1v) is 4.92. The highest BCUT2D eigenvalue weighted by Gasteiger charge is 2.15. The summed E-state index contributed by atoms with van der Waals surface area (Å²) in [4.78, 5) is 23.0. The van der Waals surface area contributed by atoms with Gasteiger partial charge in [0.15, 0.2) is 0 Å². The van der Waals surface area contributed by atoms with Gasteiger partial charge in [-0.3, -0.25) is 9.59 Å². The van der Waals surface area contributed by atoms with Crippen molar-refractivity contribution >= 4 is 11.7 Å². The largest absolute Gasteiger partial charge is 0.347 e. The molecule has 1 rings (SSSR count). The molecule has 0 saturated heterocycles. The number of carbonyl (C=O) groups is 2. The van der Waals surface area contributed by atoms with Gasteiger partial charge in [-0.25, -0.2) is 0 Å². The van der Waals surface area contributed by atoms with Gasteiger partial charge >= 0.3 is 0 Å². The van der Waals surface area contributed by atoms with Gasteiger partial charge in [0.05, 0.1) is 0 Å². The minimum atomic E-state index is -0.547. The van der Waals surface area contributed by atoms with Gasteiger partial charge in [-0.05, 0) is 20.8 Å². The van der Waals surface area contributed by atoms with Gasteiger partial charge in [0, 0.05) is 11.6 Å². The van der Waals surface area contributed by atoms with Gasteiger partial charge < -0.3 is 5.32 Å². The second-order valence-electron chi connectivity index (χ2n) is 3.82. The van der Waals surface area contributed by atoms with Crippen LogP contribution in [-0.2, 0) is 4.79 Å². The number of rotatable bonds is 3. The van der Waals surface area contributed by atoms with Gasteiger partial charge in [0.25, 0.3) is 5.91 Å². The average molecular weight is 205 g/mol. The molecule has 0 unspecified atom stereocenters. The maximum Gasteiger partial charge on any atom is 0.292 e. The number of aryl methyl sites for hydroxylation is 1. The lowest BCUT2D eigenvalue weighted by atomic mass is 10.1. The van der Waals surface area contributed by atoms with Crippen LogP contribution in [0.25, 0.3) is 0 Å². The van der Waals surface area contributed by atoms with E-state index in [9.17, 15) is 9.59 Å². The Bertz CT molecular complexity index is 366. The van der Waals surface area contributed by atoms with Crippen LogP contribution >= 0.6 is 0 Å². The standard InChI is InChI=1S/C12H15NO2/c1-8(2)13-12(15)11(14)10-6-4-9(3)5-7-10/h4-8H,1-3H3,(H,13,15). The topological polar surface area (TPSA) is 46.2 Å². The lowest BCUT2D eigenvalue weighted by molar-refractivity contribution is -0.117. The summed E-state index contributed by atoms with van der Waals surface area (Å²) in [7, 11) is 0. The first-order chi connectivity index (χ1) is 7.00. The van der Waals surface area contributed by atoms with Crippen LogP contribution in [0.2, 0.25) is 0 Å². The van der Waals surface area contributed by atoms with Crippen molar-refractivity contribution in [1.29, 1.82) is 0 Å². The fraction of sp³-hybridized carbons (Fsp3) is 0.333. The zero-order chi connectivity index (χ0) is 11.4. The molecule has 1 aromatic carbocycles. The highest BCUT2D eigenvalue weighted by atomic mass is 16.2. The monoisotopic (exact) mass is 205 g/mol. The molecule has 0 saturated carbocycles. The Morgan fingerprint density at radius 3 is 2.13 bits per heavy atom. The molecule has 1 N–H and O–H groups in total. The van der Waals surface area contributed by atoms with Crippen LogP contribution < -0.4 is 5.32 Å². The zero-order valence-corrected chi connectivity index (χ0v) is 9.20. The Morgan fingerprint density at radius 1 is 1.13 bits per heavy atom. The Morgan fingerprint density at radius 2 is 1.67 bits per heavy atom. The van der Waals surface area contributed by atoms with Gasteiger partial charge in [0.1, 0.15) is 0 Å². The molecule has 0 bridgehead atoms. The molecule has 0 aliphatic carbocycles. The van der Waals surface area contributed by atoms with Crippen molar-refractivity contribution < 1.29 is 9.59 Å². The summed E-state index contributed by atoms with van der Waals surface area (Å²) >= 11 is 0. The highest BCUT2D eigenvalue weighted by molar-refractivity contribution is 6.42. The van der Waals surface area contributed by atoms with Crippen molar-refractivity contribution in [1.82, 2.24) is 5.32 Å². The van der Waals surface area contributed by atoms with Crippen LogP contribution in [0.5, 0.6) is 0 Å². The molecule has 1 amide bonds. The molecule has 3 heteroatoms. The zero-order valence-electron chi connectivity index (χ0n) is 9.20. The van der Waals surface area contributed by atoms with Gasteiger partial charge in [-0.1, -0.05) is 29.8 Å². The predicted molar refractivity (Wildman–Crippen MR) is 58.8 cm³/mol. The van der Waals surface area contributed by atoms with Crippen molar-refractivity contribution in [3.63, 3.8) is 0 Å². The normalized spacial score (nSPS) is 10.1. The third-order valence-electron chi connectivity index (χ3n) is 1.94. The lowest BCUT2D eigenvalue weighted by Gasteiger charge is -2.07.